The lowest BCUT2D eigenvalue weighted by molar-refractivity contribution is 0.992. The number of rotatable bonds is 10. The molecule has 0 bridgehead atoms. The zero-order valence-electron chi connectivity index (χ0n) is 20.0. The molecule has 0 spiro atoms. The van der Waals surface area contributed by atoms with Crippen molar-refractivity contribution in [2.45, 2.75) is 107 Å². The van der Waals surface area contributed by atoms with E-state index in [1.807, 2.05) is 0 Å². The SMILES string of the molecule is CCc1c(CC)c(CC)p(N(C)p2c(CC)c(CC)c(CC)c2CC)c1CC. The van der Waals surface area contributed by atoms with E-state index < -0.39 is 0 Å². The third-order valence-corrected chi connectivity index (χ3v) is 13.1. The van der Waals surface area contributed by atoms with Gasteiger partial charge in [-0.3, -0.25) is 0 Å². The quantitative estimate of drug-likeness (QED) is 0.375. The van der Waals surface area contributed by atoms with E-state index in [0.29, 0.717) is 0 Å². The van der Waals surface area contributed by atoms with Gasteiger partial charge in [-0.25, -0.2) is 4.44 Å². The fraction of sp³-hybridized carbons (Fsp3) is 0.680. The highest BCUT2D eigenvalue weighted by atomic mass is 31.2. The molecule has 0 aliphatic heterocycles. The van der Waals surface area contributed by atoms with Crippen LogP contribution in [0.4, 0.5) is 0 Å². The van der Waals surface area contributed by atoms with Crippen molar-refractivity contribution < 1.29 is 0 Å². The van der Waals surface area contributed by atoms with Gasteiger partial charge >= 0.3 is 0 Å². The predicted octanol–water partition coefficient (Wildman–Crippen LogP) is 8.19. The smallest absolute Gasteiger partial charge is 0.00350 e. The average Bonchev–Trinajstić information content (AvgIpc) is 3.22. The highest BCUT2D eigenvalue weighted by Crippen LogP contribution is 2.58. The maximum atomic E-state index is 2.90. The van der Waals surface area contributed by atoms with E-state index in [2.05, 4.69) is 66.9 Å². The molecule has 0 aromatic carbocycles. The Hall–Kier alpha value is -0.480. The molecule has 1 nitrogen and oxygen atoms in total. The van der Waals surface area contributed by atoms with Gasteiger partial charge in [0.2, 0.25) is 0 Å². The van der Waals surface area contributed by atoms with Gasteiger partial charge in [0.05, 0.1) is 0 Å². The summed E-state index contributed by atoms with van der Waals surface area (Å²) in [5.74, 6) is 0. The molecule has 0 saturated carbocycles. The molecule has 2 heterocycles. The fourth-order valence-electron chi connectivity index (χ4n) is 5.44. The molecule has 0 radical (unpaired) electrons. The molecule has 0 aliphatic carbocycles. The molecule has 0 atom stereocenters. The molecule has 2 rings (SSSR count). The first-order chi connectivity index (χ1) is 13.5. The van der Waals surface area contributed by atoms with Gasteiger partial charge in [0.1, 0.15) is 0 Å². The maximum Gasteiger partial charge on any atom is 0.00350 e. The second-order valence-corrected chi connectivity index (χ2v) is 12.6. The van der Waals surface area contributed by atoms with Crippen LogP contribution in [0.2, 0.25) is 0 Å². The summed E-state index contributed by atoms with van der Waals surface area (Å²) in [6.45, 7) is 19.0. The monoisotopic (exact) mass is 419 g/mol. The minimum Gasteiger partial charge on any atom is -0.219 e. The van der Waals surface area contributed by atoms with E-state index in [-0.39, 0.29) is 15.4 Å². The Morgan fingerprint density at radius 2 is 0.643 bits per heavy atom. The second kappa shape index (κ2) is 10.5. The normalized spacial score (nSPS) is 11.8. The van der Waals surface area contributed by atoms with Gasteiger partial charge in [-0.05, 0) is 110 Å². The van der Waals surface area contributed by atoms with Crippen molar-refractivity contribution >= 4 is 15.4 Å². The largest absolute Gasteiger partial charge is 0.219 e. The van der Waals surface area contributed by atoms with E-state index in [1.165, 1.54) is 51.4 Å². The molecule has 2 aromatic heterocycles. The summed E-state index contributed by atoms with van der Waals surface area (Å²) >= 11 is 0. The molecule has 0 N–H and O–H groups in total. The van der Waals surface area contributed by atoms with Crippen molar-refractivity contribution in [1.29, 1.82) is 0 Å². The van der Waals surface area contributed by atoms with Crippen molar-refractivity contribution in [3.8, 4) is 0 Å². The van der Waals surface area contributed by atoms with Gasteiger partial charge in [-0.2, -0.15) is 0 Å². The van der Waals surface area contributed by atoms with Gasteiger partial charge in [0, 0.05) is 7.05 Å². The van der Waals surface area contributed by atoms with Crippen LogP contribution in [0.25, 0.3) is 0 Å². The topological polar surface area (TPSA) is 3.24 Å². The summed E-state index contributed by atoms with van der Waals surface area (Å²) in [7, 11) is 1.89. The maximum absolute atomic E-state index is 2.90. The zero-order valence-corrected chi connectivity index (χ0v) is 21.8. The molecule has 158 valence electrons. The van der Waals surface area contributed by atoms with Crippen LogP contribution in [-0.4, -0.2) is 7.05 Å². The van der Waals surface area contributed by atoms with Crippen molar-refractivity contribution in [2.24, 2.45) is 0 Å². The van der Waals surface area contributed by atoms with Crippen LogP contribution < -0.4 is 4.44 Å². The standard InChI is InChI=1S/C25H43NP2/c1-10-18-19(11-2)23(15-6)27(22(18)14-5)26(9)28-24(16-7)20(12-3)21(13-4)25(28)17-8/h10-17H2,1-9H3. The van der Waals surface area contributed by atoms with Gasteiger partial charge in [-0.15, -0.1) is 0 Å². The van der Waals surface area contributed by atoms with E-state index in [4.69, 9.17) is 0 Å². The van der Waals surface area contributed by atoms with Crippen LogP contribution >= 0.6 is 15.4 Å². The molecule has 0 aliphatic rings. The first-order valence-electron chi connectivity index (χ1n) is 11.7. The van der Waals surface area contributed by atoms with E-state index >= 15 is 0 Å². The van der Waals surface area contributed by atoms with Crippen molar-refractivity contribution in [2.75, 3.05) is 11.5 Å². The molecule has 0 amide bonds. The lowest BCUT2D eigenvalue weighted by atomic mass is 10.0. The summed E-state index contributed by atoms with van der Waals surface area (Å²) in [5, 5.41) is 7.13. The molecule has 0 fully saturated rings. The van der Waals surface area contributed by atoms with E-state index in [1.54, 1.807) is 43.4 Å². The molecule has 28 heavy (non-hydrogen) atoms. The highest BCUT2D eigenvalue weighted by molar-refractivity contribution is 7.70. The number of nitrogens with zero attached hydrogens (tertiary/aromatic N) is 1. The van der Waals surface area contributed by atoms with Crippen LogP contribution in [0.1, 0.15) is 98.8 Å². The zero-order chi connectivity index (χ0) is 21.0. The van der Waals surface area contributed by atoms with Crippen LogP contribution in [0.15, 0.2) is 0 Å². The van der Waals surface area contributed by atoms with Crippen LogP contribution in [0.3, 0.4) is 0 Å². The van der Waals surface area contributed by atoms with Crippen molar-refractivity contribution in [1.82, 2.24) is 0 Å². The average molecular weight is 420 g/mol. The highest BCUT2D eigenvalue weighted by Gasteiger charge is 2.28. The summed E-state index contributed by atoms with van der Waals surface area (Å²) in [5.41, 5.74) is 6.85. The van der Waals surface area contributed by atoms with Gasteiger partial charge in [0.25, 0.3) is 0 Å². The summed E-state index contributed by atoms with van der Waals surface area (Å²) in [4.78, 5) is 0. The van der Waals surface area contributed by atoms with Crippen molar-refractivity contribution in [3.05, 3.63) is 43.4 Å². The van der Waals surface area contributed by atoms with Crippen molar-refractivity contribution in [3.63, 3.8) is 0 Å². The molecular formula is C25H43NP2. The molecular weight excluding hydrogens is 376 g/mol. The third-order valence-electron chi connectivity index (χ3n) is 6.48. The Morgan fingerprint density at radius 3 is 0.786 bits per heavy atom. The van der Waals surface area contributed by atoms with E-state index in [0.717, 1.165) is 0 Å². The predicted molar refractivity (Wildman–Crippen MR) is 133 cm³/mol. The third kappa shape index (κ3) is 3.80. The Morgan fingerprint density at radius 1 is 0.429 bits per heavy atom. The van der Waals surface area contributed by atoms with Crippen LogP contribution in [0.5, 0.6) is 0 Å². The minimum absolute atomic E-state index is 0.294. The second-order valence-electron chi connectivity index (χ2n) is 7.64. The molecule has 2 aromatic rings. The molecule has 0 unspecified atom stereocenters. The first-order valence-corrected chi connectivity index (χ1v) is 14.3. The summed E-state index contributed by atoms with van der Waals surface area (Å²) in [6.07, 6.45) is 9.67. The summed E-state index contributed by atoms with van der Waals surface area (Å²) < 4.78 is 2.90. The Kier molecular flexibility index (Phi) is 8.94. The van der Waals surface area contributed by atoms with Crippen LogP contribution in [-0.2, 0) is 51.4 Å². The van der Waals surface area contributed by atoms with Crippen LogP contribution in [0, 0.1) is 0 Å². The van der Waals surface area contributed by atoms with Gasteiger partial charge in [-0.1, -0.05) is 55.4 Å². The molecule has 3 heteroatoms. The Balaban J connectivity index is 2.85. The van der Waals surface area contributed by atoms with Gasteiger partial charge in [0.15, 0.2) is 0 Å². The minimum atomic E-state index is -0.294. The first kappa shape index (κ1) is 23.8. The Labute approximate surface area is 177 Å². The Bertz CT molecular complexity index is 669. The van der Waals surface area contributed by atoms with E-state index in [9.17, 15) is 0 Å². The van der Waals surface area contributed by atoms with Gasteiger partial charge < -0.3 is 0 Å². The molecule has 0 saturated heterocycles. The number of hydrogen-bond donors (Lipinski definition) is 0. The number of hydrogen-bond acceptors (Lipinski definition) is 1. The lowest BCUT2D eigenvalue weighted by Gasteiger charge is -2.25. The summed E-state index contributed by atoms with van der Waals surface area (Å²) in [6, 6.07) is 0. The lowest BCUT2D eigenvalue weighted by Crippen LogP contribution is -2.06. The fourth-order valence-corrected chi connectivity index (χ4v) is 12.9.